The Labute approximate surface area is 204 Å². The molecule has 35 heavy (non-hydrogen) atoms. The molecule has 2 N–H and O–H groups in total. The van der Waals surface area contributed by atoms with Crippen LogP contribution in [0, 0.1) is 11.8 Å². The van der Waals surface area contributed by atoms with E-state index < -0.39 is 22.7 Å². The number of nitrogens with one attached hydrogen (secondary N) is 2. The van der Waals surface area contributed by atoms with Crippen molar-refractivity contribution in [3.05, 3.63) is 40.9 Å². The summed E-state index contributed by atoms with van der Waals surface area (Å²) in [6.07, 6.45) is 0.163. The highest BCUT2D eigenvalue weighted by Crippen LogP contribution is 2.36. The summed E-state index contributed by atoms with van der Waals surface area (Å²) in [5, 5.41) is 2.01. The van der Waals surface area contributed by atoms with Gasteiger partial charge in [-0.3, -0.25) is 24.1 Å². The molecule has 0 spiro atoms. The summed E-state index contributed by atoms with van der Waals surface area (Å²) in [6, 6.07) is 3.17. The molecule has 4 rings (SSSR count). The molecule has 0 bridgehead atoms. The molecule has 0 saturated carbocycles. The third-order valence-electron chi connectivity index (χ3n) is 6.68. The van der Waals surface area contributed by atoms with E-state index in [4.69, 9.17) is 11.6 Å². The molecule has 0 aromatic heterocycles. The van der Waals surface area contributed by atoms with E-state index in [2.05, 4.69) is 5.32 Å². The average molecular weight is 514 g/mol. The fraction of sp³-hybridized carbons (Fsp3) is 0.478. The fourth-order valence-corrected chi connectivity index (χ4v) is 4.99. The zero-order chi connectivity index (χ0) is 25.3. The van der Waals surface area contributed by atoms with Gasteiger partial charge in [0.2, 0.25) is 17.7 Å². The van der Waals surface area contributed by atoms with Crippen LogP contribution < -0.4 is 10.2 Å². The SMILES string of the molecule is O=C(C[NH+]1CCN(C(=O)CN2C(=O)[C@@H]3CC=CC[C@H]3C2=O)CC1)Nc1ccc(Cl)c(C(F)(F)F)c1. The largest absolute Gasteiger partial charge is 0.417 e. The van der Waals surface area contributed by atoms with Crippen LogP contribution in [-0.4, -0.2) is 72.7 Å². The summed E-state index contributed by atoms with van der Waals surface area (Å²) in [4.78, 5) is 53.7. The summed E-state index contributed by atoms with van der Waals surface area (Å²) < 4.78 is 39.0. The average Bonchev–Trinajstić information content (AvgIpc) is 3.05. The van der Waals surface area contributed by atoms with Gasteiger partial charge in [-0.05, 0) is 31.0 Å². The predicted octanol–water partition coefficient (Wildman–Crippen LogP) is 0.976. The number of alkyl halides is 3. The second-order valence-electron chi connectivity index (χ2n) is 8.97. The van der Waals surface area contributed by atoms with Crippen LogP contribution in [0.25, 0.3) is 0 Å². The molecule has 0 unspecified atom stereocenters. The van der Waals surface area contributed by atoms with Crippen LogP contribution in [-0.2, 0) is 25.4 Å². The van der Waals surface area contributed by atoms with Crippen LogP contribution in [0.3, 0.4) is 0 Å². The zero-order valence-electron chi connectivity index (χ0n) is 18.7. The van der Waals surface area contributed by atoms with Gasteiger partial charge in [0.25, 0.3) is 5.91 Å². The minimum absolute atomic E-state index is 0.00402. The Bertz CT molecular complexity index is 1040. The number of imide groups is 1. The third kappa shape index (κ3) is 5.51. The lowest BCUT2D eigenvalue weighted by Crippen LogP contribution is -3.15. The standard InChI is InChI=1S/C23H24ClF3N4O4/c24-18-6-5-14(11-17(18)23(25,26)27)28-19(32)12-29-7-9-30(10-8-29)20(33)13-31-21(34)15-3-1-2-4-16(15)22(31)35/h1-2,5-6,11,15-16H,3-4,7-10,12-13H2,(H,28,32)/p+1/t15-,16-/m1/s1. The van der Waals surface area contributed by atoms with E-state index in [1.54, 1.807) is 4.90 Å². The van der Waals surface area contributed by atoms with Crippen molar-refractivity contribution in [3.63, 3.8) is 0 Å². The molecule has 1 aromatic rings. The van der Waals surface area contributed by atoms with Crippen LogP contribution in [0.15, 0.2) is 30.4 Å². The van der Waals surface area contributed by atoms with Crippen LogP contribution >= 0.6 is 11.6 Å². The normalized spacial score (nSPS) is 23.0. The van der Waals surface area contributed by atoms with E-state index in [-0.39, 0.29) is 48.3 Å². The second-order valence-corrected chi connectivity index (χ2v) is 9.37. The van der Waals surface area contributed by atoms with Gasteiger partial charge in [0.15, 0.2) is 6.54 Å². The van der Waals surface area contributed by atoms with Crippen molar-refractivity contribution >= 4 is 40.9 Å². The Morgan fingerprint density at radius 1 is 1.06 bits per heavy atom. The van der Waals surface area contributed by atoms with E-state index in [1.165, 1.54) is 6.07 Å². The van der Waals surface area contributed by atoms with Crippen molar-refractivity contribution in [2.45, 2.75) is 19.0 Å². The minimum Gasteiger partial charge on any atom is -0.330 e. The minimum atomic E-state index is -4.63. The first-order chi connectivity index (χ1) is 16.5. The molecule has 8 nitrogen and oxygen atoms in total. The Morgan fingerprint density at radius 2 is 1.66 bits per heavy atom. The smallest absolute Gasteiger partial charge is 0.330 e. The quantitative estimate of drug-likeness (QED) is 0.453. The molecule has 2 saturated heterocycles. The molecule has 188 valence electrons. The van der Waals surface area contributed by atoms with Gasteiger partial charge in [0.1, 0.15) is 6.54 Å². The van der Waals surface area contributed by atoms with Crippen molar-refractivity contribution in [3.8, 4) is 0 Å². The van der Waals surface area contributed by atoms with Crippen molar-refractivity contribution in [1.29, 1.82) is 0 Å². The Morgan fingerprint density at radius 3 is 2.23 bits per heavy atom. The lowest BCUT2D eigenvalue weighted by Gasteiger charge is -2.32. The number of benzene rings is 1. The number of likely N-dealkylation sites (tertiary alicyclic amines) is 1. The molecular weight excluding hydrogens is 489 g/mol. The third-order valence-corrected chi connectivity index (χ3v) is 7.01. The summed E-state index contributed by atoms with van der Waals surface area (Å²) in [5.74, 6) is -2.13. The van der Waals surface area contributed by atoms with Crippen LogP contribution in [0.5, 0.6) is 0 Å². The highest BCUT2D eigenvalue weighted by molar-refractivity contribution is 6.31. The number of fused-ring (bicyclic) bond motifs is 1. The number of carbonyl (C=O) groups is 4. The molecule has 2 fully saturated rings. The Kier molecular flexibility index (Phi) is 7.18. The number of rotatable bonds is 5. The van der Waals surface area contributed by atoms with Crippen LogP contribution in [0.1, 0.15) is 18.4 Å². The molecule has 1 aromatic carbocycles. The number of anilines is 1. The lowest BCUT2D eigenvalue weighted by atomic mass is 9.85. The monoisotopic (exact) mass is 513 g/mol. The summed E-state index contributed by atoms with van der Waals surface area (Å²) in [6.45, 7) is 1.32. The number of hydrogen-bond donors (Lipinski definition) is 2. The van der Waals surface area contributed by atoms with Crippen molar-refractivity contribution < 1.29 is 37.2 Å². The predicted molar refractivity (Wildman–Crippen MR) is 119 cm³/mol. The molecule has 1 aliphatic carbocycles. The van der Waals surface area contributed by atoms with Crippen molar-refractivity contribution in [1.82, 2.24) is 9.80 Å². The van der Waals surface area contributed by atoms with Crippen molar-refractivity contribution in [2.75, 3.05) is 44.6 Å². The number of amides is 4. The molecule has 2 atom stereocenters. The topological polar surface area (TPSA) is 91.2 Å². The summed E-state index contributed by atoms with van der Waals surface area (Å²) in [5.41, 5.74) is -1.03. The van der Waals surface area contributed by atoms with Crippen molar-refractivity contribution in [2.24, 2.45) is 11.8 Å². The van der Waals surface area contributed by atoms with Gasteiger partial charge < -0.3 is 15.1 Å². The zero-order valence-corrected chi connectivity index (χ0v) is 19.5. The fourth-order valence-electron chi connectivity index (χ4n) is 4.76. The summed E-state index contributed by atoms with van der Waals surface area (Å²) in [7, 11) is 0. The van der Waals surface area contributed by atoms with Gasteiger partial charge in [0, 0.05) is 5.69 Å². The van der Waals surface area contributed by atoms with E-state index in [1.807, 2.05) is 12.2 Å². The van der Waals surface area contributed by atoms with Gasteiger partial charge in [-0.25, -0.2) is 0 Å². The van der Waals surface area contributed by atoms with Gasteiger partial charge in [0.05, 0.1) is 48.6 Å². The number of allylic oxidation sites excluding steroid dienone is 2. The van der Waals surface area contributed by atoms with Crippen LogP contribution in [0.2, 0.25) is 5.02 Å². The maximum absolute atomic E-state index is 13.0. The number of nitrogens with zero attached hydrogens (tertiary/aromatic N) is 2. The maximum atomic E-state index is 13.0. The van der Waals surface area contributed by atoms with E-state index >= 15 is 0 Å². The van der Waals surface area contributed by atoms with Gasteiger partial charge >= 0.3 is 6.18 Å². The highest BCUT2D eigenvalue weighted by atomic mass is 35.5. The van der Waals surface area contributed by atoms with Gasteiger partial charge in [-0.2, -0.15) is 13.2 Å². The van der Waals surface area contributed by atoms with Gasteiger partial charge in [-0.1, -0.05) is 23.8 Å². The highest BCUT2D eigenvalue weighted by Gasteiger charge is 2.48. The second kappa shape index (κ2) is 9.98. The van der Waals surface area contributed by atoms with Gasteiger partial charge in [-0.15, -0.1) is 0 Å². The molecule has 2 heterocycles. The molecule has 0 radical (unpaired) electrons. The number of halogens is 4. The molecule has 3 aliphatic rings. The Balaban J connectivity index is 1.25. The molecular formula is C23H25ClF3N4O4+. The summed E-state index contributed by atoms with van der Waals surface area (Å²) >= 11 is 5.60. The molecule has 12 heteroatoms. The van der Waals surface area contributed by atoms with E-state index in [9.17, 15) is 32.3 Å². The number of piperazine rings is 1. The maximum Gasteiger partial charge on any atom is 0.417 e. The van der Waals surface area contributed by atoms with E-state index in [0.29, 0.717) is 39.0 Å². The Hall–Kier alpha value is -2.92. The first-order valence-electron chi connectivity index (χ1n) is 11.3. The van der Waals surface area contributed by atoms with E-state index in [0.717, 1.165) is 21.9 Å². The number of hydrogen-bond acceptors (Lipinski definition) is 4. The first kappa shape index (κ1) is 25.2. The lowest BCUT2D eigenvalue weighted by molar-refractivity contribution is -0.895. The van der Waals surface area contributed by atoms with Crippen LogP contribution in [0.4, 0.5) is 18.9 Å². The number of quaternary nitrogens is 1. The molecule has 4 amide bonds. The molecule has 2 aliphatic heterocycles. The first-order valence-corrected chi connectivity index (χ1v) is 11.7. The number of carbonyl (C=O) groups excluding carboxylic acids is 4.